The Morgan fingerprint density at radius 3 is 2.53 bits per heavy atom. The molecular weight excluding hydrogens is 282 g/mol. The Hall–Kier alpha value is -0.580. The molecule has 3 nitrogen and oxygen atoms in total. The number of benzene rings is 1. The summed E-state index contributed by atoms with van der Waals surface area (Å²) in [5.41, 5.74) is 0.796. The van der Waals surface area contributed by atoms with E-state index in [0.717, 1.165) is 18.4 Å². The predicted octanol–water partition coefficient (Wildman–Crippen LogP) is 2.93. The van der Waals surface area contributed by atoms with E-state index in [4.69, 9.17) is 11.6 Å². The lowest BCUT2D eigenvalue weighted by Gasteiger charge is -2.16. The van der Waals surface area contributed by atoms with Crippen LogP contribution >= 0.6 is 11.6 Å². The van der Waals surface area contributed by atoms with Gasteiger partial charge in [-0.2, -0.15) is 0 Å². The van der Waals surface area contributed by atoms with E-state index in [1.807, 2.05) is 26.0 Å². The first kappa shape index (κ1) is 14.8. The number of hydrogen-bond donors (Lipinski definition) is 1. The van der Waals surface area contributed by atoms with Crippen LogP contribution in [0.5, 0.6) is 0 Å². The van der Waals surface area contributed by atoms with Gasteiger partial charge in [-0.05, 0) is 36.8 Å². The third-order valence-electron chi connectivity index (χ3n) is 3.30. The third-order valence-corrected chi connectivity index (χ3v) is 5.58. The van der Waals surface area contributed by atoms with Gasteiger partial charge in [-0.25, -0.2) is 13.1 Å². The molecule has 1 fully saturated rings. The van der Waals surface area contributed by atoms with Crippen molar-refractivity contribution in [2.45, 2.75) is 49.4 Å². The minimum absolute atomic E-state index is 0.0581. The fourth-order valence-electron chi connectivity index (χ4n) is 1.86. The molecule has 0 radical (unpaired) electrons. The molecule has 0 bridgehead atoms. The average Bonchev–Trinajstić information content (AvgIpc) is 3.12. The topological polar surface area (TPSA) is 46.2 Å². The van der Waals surface area contributed by atoms with Gasteiger partial charge in [0.1, 0.15) is 0 Å². The van der Waals surface area contributed by atoms with Crippen LogP contribution in [0.3, 0.4) is 0 Å². The van der Waals surface area contributed by atoms with Crippen LogP contribution in [0.15, 0.2) is 29.2 Å². The van der Waals surface area contributed by atoms with E-state index in [9.17, 15) is 8.42 Å². The maximum atomic E-state index is 12.3. The zero-order chi connectivity index (χ0) is 14.0. The fourth-order valence-corrected chi connectivity index (χ4v) is 3.59. The highest BCUT2D eigenvalue weighted by molar-refractivity contribution is 7.89. The van der Waals surface area contributed by atoms with E-state index in [1.54, 1.807) is 12.1 Å². The molecule has 5 heteroatoms. The van der Waals surface area contributed by atoms with Crippen molar-refractivity contribution in [3.8, 4) is 0 Å². The SMILES string of the molecule is CC(C)C(Cl)Cc1ccccc1S(=O)(=O)NC1CC1. The second kappa shape index (κ2) is 5.81. The first-order valence-electron chi connectivity index (χ1n) is 6.64. The Balaban J connectivity index is 2.24. The van der Waals surface area contributed by atoms with E-state index in [2.05, 4.69) is 4.72 Å². The number of alkyl halides is 1. The molecule has 1 aliphatic carbocycles. The smallest absolute Gasteiger partial charge is 0.208 e. The van der Waals surface area contributed by atoms with Crippen LogP contribution in [0.4, 0.5) is 0 Å². The lowest BCUT2D eigenvalue weighted by atomic mass is 10.0. The Labute approximate surface area is 120 Å². The Bertz CT molecular complexity index is 538. The Morgan fingerprint density at radius 2 is 1.95 bits per heavy atom. The molecule has 2 rings (SSSR count). The van der Waals surface area contributed by atoms with Crippen LogP contribution in [0, 0.1) is 5.92 Å². The highest BCUT2D eigenvalue weighted by atomic mass is 35.5. The molecule has 1 N–H and O–H groups in total. The van der Waals surface area contributed by atoms with Crippen molar-refractivity contribution in [1.82, 2.24) is 4.72 Å². The van der Waals surface area contributed by atoms with Gasteiger partial charge in [0.15, 0.2) is 0 Å². The predicted molar refractivity (Wildman–Crippen MR) is 78.0 cm³/mol. The van der Waals surface area contributed by atoms with Crippen molar-refractivity contribution in [2.75, 3.05) is 0 Å². The van der Waals surface area contributed by atoms with Crippen LogP contribution in [0.25, 0.3) is 0 Å². The molecule has 1 aromatic carbocycles. The van der Waals surface area contributed by atoms with Crippen LogP contribution < -0.4 is 4.72 Å². The summed E-state index contributed by atoms with van der Waals surface area (Å²) in [6.45, 7) is 4.08. The van der Waals surface area contributed by atoms with E-state index in [-0.39, 0.29) is 11.4 Å². The number of sulfonamides is 1. The summed E-state index contributed by atoms with van der Waals surface area (Å²) in [5, 5.41) is -0.0581. The summed E-state index contributed by atoms with van der Waals surface area (Å²) in [6.07, 6.45) is 2.44. The van der Waals surface area contributed by atoms with Gasteiger partial charge in [0.05, 0.1) is 4.90 Å². The maximum absolute atomic E-state index is 12.3. The van der Waals surface area contributed by atoms with Gasteiger partial charge < -0.3 is 0 Å². The molecule has 1 atom stereocenters. The van der Waals surface area contributed by atoms with Crippen LogP contribution in [0.2, 0.25) is 0 Å². The van der Waals surface area contributed by atoms with E-state index < -0.39 is 10.0 Å². The Morgan fingerprint density at radius 1 is 1.32 bits per heavy atom. The van der Waals surface area contributed by atoms with Crippen molar-refractivity contribution >= 4 is 21.6 Å². The summed E-state index contributed by atoms with van der Waals surface area (Å²) >= 11 is 6.28. The van der Waals surface area contributed by atoms with Gasteiger partial charge in [-0.1, -0.05) is 32.0 Å². The van der Waals surface area contributed by atoms with Gasteiger partial charge in [0.2, 0.25) is 10.0 Å². The summed E-state index contributed by atoms with van der Waals surface area (Å²) in [7, 11) is -3.41. The van der Waals surface area contributed by atoms with Crippen molar-refractivity contribution < 1.29 is 8.42 Å². The largest absolute Gasteiger partial charge is 0.241 e. The fraction of sp³-hybridized carbons (Fsp3) is 0.571. The van der Waals surface area contributed by atoms with Gasteiger partial charge in [-0.15, -0.1) is 11.6 Å². The van der Waals surface area contributed by atoms with Crippen molar-refractivity contribution in [1.29, 1.82) is 0 Å². The van der Waals surface area contributed by atoms with E-state index in [1.165, 1.54) is 0 Å². The highest BCUT2D eigenvalue weighted by Crippen LogP contribution is 2.25. The van der Waals surface area contributed by atoms with E-state index in [0.29, 0.717) is 17.2 Å². The maximum Gasteiger partial charge on any atom is 0.241 e. The minimum atomic E-state index is -3.41. The summed E-state index contributed by atoms with van der Waals surface area (Å²) in [4.78, 5) is 0.369. The Kier molecular flexibility index (Phi) is 4.54. The lowest BCUT2D eigenvalue weighted by molar-refractivity contribution is 0.573. The van der Waals surface area contributed by atoms with Crippen LogP contribution in [0.1, 0.15) is 32.3 Å². The molecule has 106 valence electrons. The monoisotopic (exact) mass is 301 g/mol. The first-order valence-corrected chi connectivity index (χ1v) is 8.56. The molecule has 0 aliphatic heterocycles. The molecule has 1 unspecified atom stereocenters. The third kappa shape index (κ3) is 3.94. The van der Waals surface area contributed by atoms with Crippen LogP contribution in [-0.4, -0.2) is 19.8 Å². The first-order chi connectivity index (χ1) is 8.90. The van der Waals surface area contributed by atoms with Crippen molar-refractivity contribution in [2.24, 2.45) is 5.92 Å². The molecule has 0 heterocycles. The van der Waals surface area contributed by atoms with E-state index >= 15 is 0 Å². The molecule has 0 aromatic heterocycles. The average molecular weight is 302 g/mol. The molecule has 1 aliphatic rings. The van der Waals surface area contributed by atoms with Crippen molar-refractivity contribution in [3.63, 3.8) is 0 Å². The normalized spacial score (nSPS) is 17.7. The van der Waals surface area contributed by atoms with Crippen molar-refractivity contribution in [3.05, 3.63) is 29.8 Å². The standard InChI is InChI=1S/C14H20ClNO2S/c1-10(2)13(15)9-11-5-3-4-6-14(11)19(17,18)16-12-7-8-12/h3-6,10,12-13,16H,7-9H2,1-2H3. The summed E-state index contributed by atoms with van der Waals surface area (Å²) < 4.78 is 27.3. The number of rotatable bonds is 6. The van der Waals surface area contributed by atoms with Gasteiger partial charge in [0, 0.05) is 11.4 Å². The molecule has 19 heavy (non-hydrogen) atoms. The molecule has 1 aromatic rings. The number of halogens is 1. The molecule has 0 saturated heterocycles. The summed E-state index contributed by atoms with van der Waals surface area (Å²) in [6, 6.07) is 7.23. The molecule has 1 saturated carbocycles. The highest BCUT2D eigenvalue weighted by Gasteiger charge is 2.29. The number of nitrogens with one attached hydrogen (secondary N) is 1. The summed E-state index contributed by atoms with van der Waals surface area (Å²) in [5.74, 6) is 0.314. The van der Waals surface area contributed by atoms with Gasteiger partial charge in [-0.3, -0.25) is 0 Å². The zero-order valence-electron chi connectivity index (χ0n) is 11.3. The zero-order valence-corrected chi connectivity index (χ0v) is 12.8. The second-order valence-corrected chi connectivity index (χ2v) is 7.71. The number of hydrogen-bond acceptors (Lipinski definition) is 2. The van der Waals surface area contributed by atoms with Gasteiger partial charge in [0.25, 0.3) is 0 Å². The minimum Gasteiger partial charge on any atom is -0.208 e. The van der Waals surface area contributed by atoms with Gasteiger partial charge >= 0.3 is 0 Å². The second-order valence-electron chi connectivity index (χ2n) is 5.47. The molecule has 0 spiro atoms. The molecular formula is C14H20ClNO2S. The quantitative estimate of drug-likeness (QED) is 0.821. The lowest BCUT2D eigenvalue weighted by Crippen LogP contribution is -2.27. The molecule has 0 amide bonds. The van der Waals surface area contributed by atoms with Crippen LogP contribution in [-0.2, 0) is 16.4 Å².